The zero-order valence-corrected chi connectivity index (χ0v) is 15.4. The van der Waals surface area contributed by atoms with Crippen LogP contribution < -0.4 is 4.90 Å². The summed E-state index contributed by atoms with van der Waals surface area (Å²) in [6.07, 6.45) is -0.687. The largest absolute Gasteiger partial charge is 0.389 e. The summed E-state index contributed by atoms with van der Waals surface area (Å²) in [5, 5.41) is 9.69. The maximum Gasteiger partial charge on any atom is 0.243 e. The van der Waals surface area contributed by atoms with Gasteiger partial charge in [-0.2, -0.15) is 4.31 Å². The van der Waals surface area contributed by atoms with Crippen LogP contribution in [0.1, 0.15) is 24.2 Å². The minimum atomic E-state index is -3.54. The van der Waals surface area contributed by atoms with Crippen molar-refractivity contribution in [1.82, 2.24) is 4.31 Å². The fraction of sp³-hybridized carbons (Fsp3) is 0.368. The van der Waals surface area contributed by atoms with Gasteiger partial charge >= 0.3 is 0 Å². The Balaban J connectivity index is 1.74. The first kappa shape index (κ1) is 17.9. The Labute approximate surface area is 149 Å². The van der Waals surface area contributed by atoms with Crippen molar-refractivity contribution >= 4 is 15.7 Å². The number of hydrogen-bond donors (Lipinski definition) is 1. The summed E-state index contributed by atoms with van der Waals surface area (Å²) in [6, 6.07) is 14.8. The van der Waals surface area contributed by atoms with Crippen molar-refractivity contribution < 1.29 is 13.5 Å². The standard InChI is InChI=1S/C19H24N2O3S/c1-15-5-3-7-18(13-15)20-9-11-21(12-10-20)25(23,24)19-8-4-6-17(14-19)16(2)22/h3-8,13-14,16,22H,9-12H2,1-2H3/t16-/m1/s1. The second kappa shape index (κ2) is 7.15. The molecule has 0 radical (unpaired) electrons. The van der Waals surface area contributed by atoms with E-state index in [1.54, 1.807) is 31.2 Å². The molecule has 25 heavy (non-hydrogen) atoms. The van der Waals surface area contributed by atoms with E-state index in [4.69, 9.17) is 0 Å². The molecule has 1 fully saturated rings. The lowest BCUT2D eigenvalue weighted by atomic mass is 10.1. The molecule has 1 heterocycles. The number of hydrogen-bond acceptors (Lipinski definition) is 4. The highest BCUT2D eigenvalue weighted by atomic mass is 32.2. The van der Waals surface area contributed by atoms with E-state index < -0.39 is 16.1 Å². The molecule has 1 saturated heterocycles. The lowest BCUT2D eigenvalue weighted by molar-refractivity contribution is 0.199. The Morgan fingerprint density at radius 3 is 2.32 bits per heavy atom. The average Bonchev–Trinajstić information content (AvgIpc) is 2.62. The average molecular weight is 360 g/mol. The zero-order valence-electron chi connectivity index (χ0n) is 14.6. The number of nitrogens with zero attached hydrogens (tertiary/aromatic N) is 2. The van der Waals surface area contributed by atoms with Gasteiger partial charge < -0.3 is 10.0 Å². The van der Waals surface area contributed by atoms with Crippen molar-refractivity contribution in [3.63, 3.8) is 0 Å². The van der Waals surface area contributed by atoms with Crippen molar-refractivity contribution in [2.75, 3.05) is 31.1 Å². The third kappa shape index (κ3) is 3.86. The number of piperazine rings is 1. The molecule has 0 amide bonds. The molecule has 0 aliphatic carbocycles. The van der Waals surface area contributed by atoms with Gasteiger partial charge in [0, 0.05) is 31.9 Å². The second-order valence-corrected chi connectivity index (χ2v) is 8.42. The molecule has 1 atom stereocenters. The lowest BCUT2D eigenvalue weighted by Crippen LogP contribution is -2.48. The molecule has 3 rings (SSSR count). The smallest absolute Gasteiger partial charge is 0.243 e. The van der Waals surface area contributed by atoms with Crippen molar-refractivity contribution in [3.05, 3.63) is 59.7 Å². The number of aliphatic hydroxyl groups is 1. The van der Waals surface area contributed by atoms with Crippen LogP contribution in [0.5, 0.6) is 0 Å². The summed E-state index contributed by atoms with van der Waals surface area (Å²) in [7, 11) is -3.54. The molecular formula is C19H24N2O3S. The van der Waals surface area contributed by atoms with Gasteiger partial charge in [0.05, 0.1) is 11.0 Å². The Kier molecular flexibility index (Phi) is 5.13. The van der Waals surface area contributed by atoms with Crippen LogP contribution in [0.15, 0.2) is 53.4 Å². The molecule has 1 aliphatic heterocycles. The number of rotatable bonds is 4. The maximum atomic E-state index is 12.9. The Hall–Kier alpha value is -1.89. The van der Waals surface area contributed by atoms with Gasteiger partial charge in [-0.1, -0.05) is 24.3 Å². The van der Waals surface area contributed by atoms with Gasteiger partial charge in [0.15, 0.2) is 0 Å². The van der Waals surface area contributed by atoms with E-state index in [1.165, 1.54) is 9.87 Å². The van der Waals surface area contributed by atoms with Crippen LogP contribution in [0.2, 0.25) is 0 Å². The van der Waals surface area contributed by atoms with E-state index >= 15 is 0 Å². The monoisotopic (exact) mass is 360 g/mol. The minimum Gasteiger partial charge on any atom is -0.389 e. The Morgan fingerprint density at radius 2 is 1.68 bits per heavy atom. The van der Waals surface area contributed by atoms with Crippen molar-refractivity contribution in [2.24, 2.45) is 0 Å². The molecule has 0 aromatic heterocycles. The van der Waals surface area contributed by atoms with Gasteiger partial charge in [0.2, 0.25) is 10.0 Å². The molecule has 0 saturated carbocycles. The Morgan fingerprint density at radius 1 is 1.00 bits per heavy atom. The van der Waals surface area contributed by atoms with Crippen LogP contribution in [-0.2, 0) is 10.0 Å². The van der Waals surface area contributed by atoms with Crippen LogP contribution in [0, 0.1) is 6.92 Å². The van der Waals surface area contributed by atoms with E-state index in [-0.39, 0.29) is 4.90 Å². The quantitative estimate of drug-likeness (QED) is 0.910. The van der Waals surface area contributed by atoms with Gasteiger partial charge in [0.25, 0.3) is 0 Å². The second-order valence-electron chi connectivity index (χ2n) is 6.48. The summed E-state index contributed by atoms with van der Waals surface area (Å²) in [4.78, 5) is 2.46. The van der Waals surface area contributed by atoms with E-state index in [2.05, 4.69) is 30.0 Å². The lowest BCUT2D eigenvalue weighted by Gasteiger charge is -2.35. The first-order chi connectivity index (χ1) is 11.9. The van der Waals surface area contributed by atoms with Gasteiger partial charge in [-0.05, 0) is 49.2 Å². The molecule has 0 unspecified atom stereocenters. The number of anilines is 1. The molecule has 134 valence electrons. The highest BCUT2D eigenvalue weighted by Crippen LogP contribution is 2.23. The van der Waals surface area contributed by atoms with Gasteiger partial charge in [-0.15, -0.1) is 0 Å². The number of benzene rings is 2. The SMILES string of the molecule is Cc1cccc(N2CCN(S(=O)(=O)c3cccc([C@@H](C)O)c3)CC2)c1. The van der Waals surface area contributed by atoms with Crippen molar-refractivity contribution in [2.45, 2.75) is 24.8 Å². The minimum absolute atomic E-state index is 0.245. The fourth-order valence-electron chi connectivity index (χ4n) is 3.10. The van der Waals surface area contributed by atoms with Crippen LogP contribution >= 0.6 is 0 Å². The normalized spacial score (nSPS) is 17.5. The highest BCUT2D eigenvalue weighted by Gasteiger charge is 2.28. The topological polar surface area (TPSA) is 60.9 Å². The van der Waals surface area contributed by atoms with Crippen LogP contribution in [0.25, 0.3) is 0 Å². The van der Waals surface area contributed by atoms with Gasteiger partial charge in [-0.25, -0.2) is 8.42 Å². The third-order valence-electron chi connectivity index (χ3n) is 4.58. The molecule has 2 aromatic rings. The summed E-state index contributed by atoms with van der Waals surface area (Å²) >= 11 is 0. The molecular weight excluding hydrogens is 336 g/mol. The molecule has 5 nitrogen and oxygen atoms in total. The predicted octanol–water partition coefficient (Wildman–Crippen LogP) is 2.56. The van der Waals surface area contributed by atoms with Crippen LogP contribution in [-0.4, -0.2) is 44.0 Å². The molecule has 2 aromatic carbocycles. The summed E-state index contributed by atoms with van der Waals surface area (Å²) in [6.45, 7) is 5.92. The maximum absolute atomic E-state index is 12.9. The zero-order chi connectivity index (χ0) is 18.0. The third-order valence-corrected chi connectivity index (χ3v) is 6.48. The van der Waals surface area contributed by atoms with E-state index in [0.29, 0.717) is 31.7 Å². The van der Waals surface area contributed by atoms with Crippen LogP contribution in [0.4, 0.5) is 5.69 Å². The number of aliphatic hydroxyl groups excluding tert-OH is 1. The first-order valence-corrected chi connectivity index (χ1v) is 9.92. The van der Waals surface area contributed by atoms with Crippen LogP contribution in [0.3, 0.4) is 0 Å². The first-order valence-electron chi connectivity index (χ1n) is 8.48. The molecule has 0 spiro atoms. The Bertz CT molecular complexity index is 841. The molecule has 6 heteroatoms. The van der Waals surface area contributed by atoms with E-state index in [0.717, 1.165) is 5.69 Å². The van der Waals surface area contributed by atoms with E-state index in [1.807, 2.05) is 6.07 Å². The van der Waals surface area contributed by atoms with E-state index in [9.17, 15) is 13.5 Å². The van der Waals surface area contributed by atoms with Crippen molar-refractivity contribution in [3.8, 4) is 0 Å². The number of sulfonamides is 1. The van der Waals surface area contributed by atoms with Gasteiger partial charge in [-0.3, -0.25) is 0 Å². The molecule has 1 N–H and O–H groups in total. The highest BCUT2D eigenvalue weighted by molar-refractivity contribution is 7.89. The fourth-order valence-corrected chi connectivity index (χ4v) is 4.57. The molecule has 1 aliphatic rings. The molecule has 0 bridgehead atoms. The predicted molar refractivity (Wildman–Crippen MR) is 99.2 cm³/mol. The number of aryl methyl sites for hydroxylation is 1. The summed E-state index contributed by atoms with van der Waals surface area (Å²) in [5.41, 5.74) is 2.94. The summed E-state index contributed by atoms with van der Waals surface area (Å²) in [5.74, 6) is 0. The van der Waals surface area contributed by atoms with Crippen molar-refractivity contribution in [1.29, 1.82) is 0 Å². The van der Waals surface area contributed by atoms with Gasteiger partial charge in [0.1, 0.15) is 0 Å². The summed E-state index contributed by atoms with van der Waals surface area (Å²) < 4.78 is 27.3.